The summed E-state index contributed by atoms with van der Waals surface area (Å²) in [6, 6.07) is 0.394. The summed E-state index contributed by atoms with van der Waals surface area (Å²) in [6.07, 6.45) is 9.37. The second-order valence-electron chi connectivity index (χ2n) is 4.00. The molecule has 0 aliphatic carbocycles. The van der Waals surface area contributed by atoms with Gasteiger partial charge >= 0.3 is 0 Å². The molecule has 0 aliphatic heterocycles. The smallest absolute Gasteiger partial charge is 0.122 e. The molecule has 1 atom stereocenters. The third-order valence-electron chi connectivity index (χ3n) is 2.57. The Labute approximate surface area is 95.1 Å². The van der Waals surface area contributed by atoms with E-state index in [1.165, 1.54) is 0 Å². The highest BCUT2D eigenvalue weighted by molar-refractivity contribution is 4.90. The summed E-state index contributed by atoms with van der Waals surface area (Å²) in [7, 11) is 2.00. The Morgan fingerprint density at radius 1 is 1.38 bits per heavy atom. The van der Waals surface area contributed by atoms with E-state index in [0.717, 1.165) is 18.9 Å². The van der Waals surface area contributed by atoms with Crippen molar-refractivity contribution in [3.63, 3.8) is 0 Å². The summed E-state index contributed by atoms with van der Waals surface area (Å²) in [6.45, 7) is 3.87. The van der Waals surface area contributed by atoms with Crippen molar-refractivity contribution in [1.29, 1.82) is 0 Å². The molecule has 2 aromatic rings. The van der Waals surface area contributed by atoms with Gasteiger partial charge in [0.05, 0.1) is 12.9 Å². The van der Waals surface area contributed by atoms with Gasteiger partial charge in [0.1, 0.15) is 5.82 Å². The molecule has 16 heavy (non-hydrogen) atoms. The number of aromatic nitrogens is 4. The Bertz CT molecular complexity index is 417. The zero-order valence-electron chi connectivity index (χ0n) is 9.67. The van der Waals surface area contributed by atoms with Crippen LogP contribution in [0.2, 0.25) is 0 Å². The Kier molecular flexibility index (Phi) is 3.36. The lowest BCUT2D eigenvalue weighted by Crippen LogP contribution is -2.30. The predicted octanol–water partition coefficient (Wildman–Crippen LogP) is 0.795. The summed E-state index contributed by atoms with van der Waals surface area (Å²) in [5.41, 5.74) is 0. The molecule has 0 aromatic carbocycles. The van der Waals surface area contributed by atoms with Crippen molar-refractivity contribution < 1.29 is 0 Å². The fourth-order valence-corrected chi connectivity index (χ4v) is 1.61. The van der Waals surface area contributed by atoms with Gasteiger partial charge < -0.3 is 14.5 Å². The van der Waals surface area contributed by atoms with Crippen molar-refractivity contribution in [2.24, 2.45) is 7.05 Å². The van der Waals surface area contributed by atoms with Crippen molar-refractivity contribution in [3.8, 4) is 0 Å². The highest BCUT2D eigenvalue weighted by Gasteiger charge is 2.04. The van der Waals surface area contributed by atoms with E-state index in [1.807, 2.05) is 36.5 Å². The monoisotopic (exact) mass is 219 g/mol. The first kappa shape index (κ1) is 10.9. The lowest BCUT2D eigenvalue weighted by atomic mass is 10.3. The highest BCUT2D eigenvalue weighted by Crippen LogP contribution is 1.96. The minimum atomic E-state index is 0.394. The molecule has 0 radical (unpaired) electrons. The maximum absolute atomic E-state index is 4.27. The van der Waals surface area contributed by atoms with Gasteiger partial charge in [0.2, 0.25) is 0 Å². The number of hydrogen-bond acceptors (Lipinski definition) is 3. The molecular weight excluding hydrogens is 202 g/mol. The summed E-state index contributed by atoms with van der Waals surface area (Å²) < 4.78 is 4.09. The Morgan fingerprint density at radius 3 is 2.88 bits per heavy atom. The zero-order chi connectivity index (χ0) is 11.4. The van der Waals surface area contributed by atoms with E-state index in [-0.39, 0.29) is 0 Å². The molecule has 0 amide bonds. The normalized spacial score (nSPS) is 12.9. The van der Waals surface area contributed by atoms with Crippen LogP contribution >= 0.6 is 0 Å². The molecular formula is C11H17N5. The van der Waals surface area contributed by atoms with Gasteiger partial charge in [0.25, 0.3) is 0 Å². The first-order chi connectivity index (χ1) is 7.75. The molecule has 2 heterocycles. The number of nitrogens with one attached hydrogen (secondary N) is 1. The summed E-state index contributed by atoms with van der Waals surface area (Å²) in [5, 5.41) is 3.43. The number of imidazole rings is 2. The van der Waals surface area contributed by atoms with Crippen LogP contribution in [0.15, 0.2) is 31.1 Å². The molecule has 0 saturated heterocycles. The molecule has 0 spiro atoms. The van der Waals surface area contributed by atoms with Crippen molar-refractivity contribution in [1.82, 2.24) is 24.4 Å². The lowest BCUT2D eigenvalue weighted by molar-refractivity contribution is 0.465. The van der Waals surface area contributed by atoms with Crippen LogP contribution in [0.5, 0.6) is 0 Å². The van der Waals surface area contributed by atoms with Gasteiger partial charge in [-0.3, -0.25) is 0 Å². The Balaban J connectivity index is 1.80. The number of aryl methyl sites for hydroxylation is 1. The van der Waals surface area contributed by atoms with E-state index in [0.29, 0.717) is 6.04 Å². The average Bonchev–Trinajstić information content (AvgIpc) is 2.87. The van der Waals surface area contributed by atoms with Gasteiger partial charge in [0, 0.05) is 44.4 Å². The molecule has 5 nitrogen and oxygen atoms in total. The molecule has 2 aromatic heterocycles. The van der Waals surface area contributed by atoms with Crippen LogP contribution in [0.4, 0.5) is 0 Å². The van der Waals surface area contributed by atoms with E-state index >= 15 is 0 Å². The lowest BCUT2D eigenvalue weighted by Gasteiger charge is -2.14. The van der Waals surface area contributed by atoms with Gasteiger partial charge in [-0.15, -0.1) is 0 Å². The van der Waals surface area contributed by atoms with Gasteiger partial charge in [-0.1, -0.05) is 0 Å². The molecule has 0 aliphatic rings. The van der Waals surface area contributed by atoms with Crippen molar-refractivity contribution >= 4 is 0 Å². The average molecular weight is 219 g/mol. The summed E-state index contributed by atoms with van der Waals surface area (Å²) in [4.78, 5) is 8.28. The van der Waals surface area contributed by atoms with E-state index < -0.39 is 0 Å². The third-order valence-corrected chi connectivity index (χ3v) is 2.57. The fourth-order valence-electron chi connectivity index (χ4n) is 1.61. The number of hydrogen-bond donors (Lipinski definition) is 1. The number of nitrogens with zero attached hydrogens (tertiary/aromatic N) is 4. The van der Waals surface area contributed by atoms with E-state index in [9.17, 15) is 0 Å². The standard InChI is InChI=1S/C11H17N5/c1-10(8-16-6-3-12-9-16)14-7-11-13-4-5-15(11)2/h3-6,9-10,14H,7-8H2,1-2H3. The molecule has 0 fully saturated rings. The molecule has 2 rings (SSSR count). The first-order valence-corrected chi connectivity index (χ1v) is 5.41. The SMILES string of the molecule is CC(Cn1ccnc1)NCc1nccn1C. The zero-order valence-corrected chi connectivity index (χ0v) is 9.67. The van der Waals surface area contributed by atoms with Gasteiger partial charge in [-0.25, -0.2) is 9.97 Å². The second kappa shape index (κ2) is 4.94. The molecule has 5 heteroatoms. The molecule has 0 bridgehead atoms. The Morgan fingerprint density at radius 2 is 2.25 bits per heavy atom. The molecule has 1 N–H and O–H groups in total. The van der Waals surface area contributed by atoms with E-state index in [4.69, 9.17) is 0 Å². The third kappa shape index (κ3) is 2.70. The molecule has 86 valence electrons. The first-order valence-electron chi connectivity index (χ1n) is 5.41. The van der Waals surface area contributed by atoms with Crippen molar-refractivity contribution in [2.45, 2.75) is 26.1 Å². The van der Waals surface area contributed by atoms with Gasteiger partial charge in [-0.2, -0.15) is 0 Å². The Hall–Kier alpha value is -1.62. The van der Waals surface area contributed by atoms with Crippen LogP contribution in [0.25, 0.3) is 0 Å². The van der Waals surface area contributed by atoms with E-state index in [2.05, 4.69) is 26.8 Å². The largest absolute Gasteiger partial charge is 0.337 e. The maximum Gasteiger partial charge on any atom is 0.122 e. The summed E-state index contributed by atoms with van der Waals surface area (Å²) in [5.74, 6) is 1.05. The second-order valence-corrected chi connectivity index (χ2v) is 4.00. The predicted molar refractivity (Wildman–Crippen MR) is 61.7 cm³/mol. The van der Waals surface area contributed by atoms with Crippen LogP contribution in [-0.2, 0) is 20.1 Å². The van der Waals surface area contributed by atoms with Crippen molar-refractivity contribution in [2.75, 3.05) is 0 Å². The van der Waals surface area contributed by atoms with Crippen molar-refractivity contribution in [3.05, 3.63) is 36.9 Å². The van der Waals surface area contributed by atoms with Crippen LogP contribution < -0.4 is 5.32 Å². The number of rotatable bonds is 5. The minimum absolute atomic E-state index is 0.394. The van der Waals surface area contributed by atoms with Crippen LogP contribution in [-0.4, -0.2) is 25.1 Å². The maximum atomic E-state index is 4.27. The van der Waals surface area contributed by atoms with Gasteiger partial charge in [0.15, 0.2) is 0 Å². The van der Waals surface area contributed by atoms with E-state index in [1.54, 1.807) is 6.20 Å². The van der Waals surface area contributed by atoms with Crippen LogP contribution in [0.3, 0.4) is 0 Å². The molecule has 0 saturated carbocycles. The van der Waals surface area contributed by atoms with Gasteiger partial charge in [-0.05, 0) is 6.92 Å². The quantitative estimate of drug-likeness (QED) is 0.809. The fraction of sp³-hybridized carbons (Fsp3) is 0.455. The topological polar surface area (TPSA) is 47.7 Å². The van der Waals surface area contributed by atoms with Crippen LogP contribution in [0, 0.1) is 0 Å². The van der Waals surface area contributed by atoms with Crippen LogP contribution in [0.1, 0.15) is 12.7 Å². The summed E-state index contributed by atoms with van der Waals surface area (Å²) >= 11 is 0. The minimum Gasteiger partial charge on any atom is -0.337 e. The molecule has 1 unspecified atom stereocenters. The highest BCUT2D eigenvalue weighted by atomic mass is 15.1.